The zero-order chi connectivity index (χ0) is 16.7. The van der Waals surface area contributed by atoms with Crippen LogP contribution in [0.25, 0.3) is 0 Å². The maximum Gasteiger partial charge on any atom is 0.317 e. The van der Waals surface area contributed by atoms with Crippen LogP contribution in [0.1, 0.15) is 47.0 Å². The fourth-order valence-corrected chi connectivity index (χ4v) is 3.25. The zero-order valence-corrected chi connectivity index (χ0v) is 14.3. The first-order valence-electron chi connectivity index (χ1n) is 8.46. The maximum absolute atomic E-state index is 12.4. The van der Waals surface area contributed by atoms with Crippen molar-refractivity contribution >= 4 is 11.9 Å². The van der Waals surface area contributed by atoms with E-state index in [2.05, 4.69) is 24.1 Å². The zero-order valence-electron chi connectivity index (χ0n) is 14.3. The van der Waals surface area contributed by atoms with E-state index in [0.29, 0.717) is 0 Å². The summed E-state index contributed by atoms with van der Waals surface area (Å²) in [6, 6.07) is 0.403. The summed E-state index contributed by atoms with van der Waals surface area (Å²) in [6.07, 6.45) is 2.51. The molecular weight excluding hydrogens is 282 g/mol. The molecule has 0 aromatic carbocycles. The molecule has 0 aromatic rings. The number of carboxylic acid groups (broad SMARTS) is 1. The minimum absolute atomic E-state index is 0.0599. The van der Waals surface area contributed by atoms with Crippen molar-refractivity contribution in [2.24, 2.45) is 0 Å². The van der Waals surface area contributed by atoms with Crippen molar-refractivity contribution in [2.45, 2.75) is 65.1 Å². The van der Waals surface area contributed by atoms with Crippen LogP contribution in [0.4, 0.5) is 0 Å². The van der Waals surface area contributed by atoms with Gasteiger partial charge in [-0.05, 0) is 38.9 Å². The monoisotopic (exact) mass is 313 g/mol. The summed E-state index contributed by atoms with van der Waals surface area (Å²) in [4.78, 5) is 27.4. The first kappa shape index (κ1) is 18.9. The van der Waals surface area contributed by atoms with Gasteiger partial charge in [-0.1, -0.05) is 27.7 Å². The van der Waals surface area contributed by atoms with Crippen LogP contribution in [0, 0.1) is 0 Å². The Morgan fingerprint density at radius 2 is 1.73 bits per heavy atom. The summed E-state index contributed by atoms with van der Waals surface area (Å²) in [5.41, 5.74) is 0. The summed E-state index contributed by atoms with van der Waals surface area (Å²) in [7, 11) is 0. The molecule has 1 aliphatic carbocycles. The van der Waals surface area contributed by atoms with Gasteiger partial charge in [-0.3, -0.25) is 19.4 Å². The van der Waals surface area contributed by atoms with Gasteiger partial charge in [0.05, 0.1) is 12.6 Å². The van der Waals surface area contributed by atoms with Gasteiger partial charge in [0, 0.05) is 12.1 Å². The predicted octanol–water partition coefficient (Wildman–Crippen LogP) is 1.16. The number of hydrogen-bond donors (Lipinski definition) is 2. The van der Waals surface area contributed by atoms with E-state index in [1.807, 2.05) is 18.7 Å². The summed E-state index contributed by atoms with van der Waals surface area (Å²) < 4.78 is 0. The molecule has 0 bridgehead atoms. The average Bonchev–Trinajstić information content (AvgIpc) is 2.45. The van der Waals surface area contributed by atoms with E-state index in [4.69, 9.17) is 5.11 Å². The van der Waals surface area contributed by atoms with Gasteiger partial charge >= 0.3 is 5.97 Å². The van der Waals surface area contributed by atoms with E-state index in [9.17, 15) is 9.59 Å². The summed E-state index contributed by atoms with van der Waals surface area (Å²) in [6.45, 7) is 10.7. The minimum atomic E-state index is -0.790. The third-order valence-corrected chi connectivity index (χ3v) is 4.66. The van der Waals surface area contributed by atoms with E-state index in [-0.39, 0.29) is 30.6 Å². The second kappa shape index (κ2) is 9.10. The number of carbonyl (C=O) groups excluding carboxylic acids is 1. The van der Waals surface area contributed by atoms with Gasteiger partial charge in [0.15, 0.2) is 0 Å². The molecule has 0 radical (unpaired) electrons. The van der Waals surface area contributed by atoms with Crippen LogP contribution < -0.4 is 5.32 Å². The van der Waals surface area contributed by atoms with Crippen LogP contribution in [0.3, 0.4) is 0 Å². The van der Waals surface area contributed by atoms with Gasteiger partial charge in [-0.15, -0.1) is 0 Å². The van der Waals surface area contributed by atoms with Gasteiger partial charge in [0.25, 0.3) is 0 Å². The molecule has 1 aliphatic rings. The second-order valence-corrected chi connectivity index (χ2v) is 5.93. The smallest absolute Gasteiger partial charge is 0.317 e. The van der Waals surface area contributed by atoms with Crippen molar-refractivity contribution in [2.75, 3.05) is 26.2 Å². The molecule has 1 unspecified atom stereocenters. The van der Waals surface area contributed by atoms with E-state index >= 15 is 0 Å². The second-order valence-electron chi connectivity index (χ2n) is 5.93. The number of hydrogen-bond acceptors (Lipinski definition) is 4. The summed E-state index contributed by atoms with van der Waals surface area (Å²) >= 11 is 0. The topological polar surface area (TPSA) is 72.9 Å². The predicted molar refractivity (Wildman–Crippen MR) is 86.8 cm³/mol. The van der Waals surface area contributed by atoms with Gasteiger partial charge in [0.2, 0.25) is 5.91 Å². The first-order valence-corrected chi connectivity index (χ1v) is 8.46. The van der Waals surface area contributed by atoms with Crippen molar-refractivity contribution < 1.29 is 14.7 Å². The Morgan fingerprint density at radius 1 is 1.14 bits per heavy atom. The Morgan fingerprint density at radius 3 is 2.14 bits per heavy atom. The minimum Gasteiger partial charge on any atom is -0.480 e. The van der Waals surface area contributed by atoms with Gasteiger partial charge < -0.3 is 10.4 Å². The average molecular weight is 313 g/mol. The Kier molecular flexibility index (Phi) is 7.82. The highest BCUT2D eigenvalue weighted by atomic mass is 16.4. The molecule has 6 heteroatoms. The van der Waals surface area contributed by atoms with Crippen molar-refractivity contribution in [3.8, 4) is 0 Å². The fraction of sp³-hybridized carbons (Fsp3) is 0.875. The largest absolute Gasteiger partial charge is 0.480 e. The van der Waals surface area contributed by atoms with Crippen molar-refractivity contribution in [1.29, 1.82) is 0 Å². The molecule has 2 N–H and O–H groups in total. The van der Waals surface area contributed by atoms with Gasteiger partial charge in [-0.2, -0.15) is 0 Å². The molecule has 1 atom stereocenters. The van der Waals surface area contributed by atoms with Crippen molar-refractivity contribution in [1.82, 2.24) is 15.1 Å². The third-order valence-electron chi connectivity index (χ3n) is 4.66. The third kappa shape index (κ3) is 4.95. The van der Waals surface area contributed by atoms with Gasteiger partial charge in [0.1, 0.15) is 0 Å². The van der Waals surface area contributed by atoms with Crippen molar-refractivity contribution in [3.05, 3.63) is 0 Å². The number of amides is 1. The molecule has 22 heavy (non-hydrogen) atoms. The Labute approximate surface area is 133 Å². The number of aliphatic carboxylic acids is 1. The Hall–Kier alpha value is -1.14. The normalized spacial score (nSPS) is 22.5. The van der Waals surface area contributed by atoms with Crippen LogP contribution in [0.5, 0.6) is 0 Å². The quantitative estimate of drug-likeness (QED) is 0.633. The lowest BCUT2D eigenvalue weighted by Gasteiger charge is -2.43. The Balaban J connectivity index is 2.43. The molecule has 0 heterocycles. The molecular formula is C16H31N3O3. The number of likely N-dealkylation sites (N-methyl/N-ethyl adjacent to an activating group) is 2. The SMILES string of the molecule is CCC(C(=O)NC1CC(N(CC)CC(=O)O)C1)N(CC)CC. The molecule has 0 aliphatic heterocycles. The van der Waals surface area contributed by atoms with E-state index < -0.39 is 5.97 Å². The standard InChI is InChI=1S/C16H31N3O3/c1-5-14(18(6-2)7-3)16(22)17-12-9-13(10-12)19(8-4)11-15(20)21/h12-14H,5-11H2,1-4H3,(H,17,22)(H,20,21). The summed E-state index contributed by atoms with van der Waals surface area (Å²) in [5, 5.41) is 12.0. The highest BCUT2D eigenvalue weighted by Gasteiger charge is 2.36. The molecule has 1 rings (SSSR count). The molecule has 0 aromatic heterocycles. The molecule has 1 fully saturated rings. The molecule has 0 saturated heterocycles. The number of rotatable bonds is 10. The molecule has 128 valence electrons. The highest BCUT2D eigenvalue weighted by molar-refractivity contribution is 5.82. The van der Waals surface area contributed by atoms with Crippen LogP contribution in [-0.2, 0) is 9.59 Å². The van der Waals surface area contributed by atoms with Gasteiger partial charge in [-0.25, -0.2) is 0 Å². The lowest BCUT2D eigenvalue weighted by atomic mass is 9.85. The Bertz CT molecular complexity index is 366. The lowest BCUT2D eigenvalue weighted by molar-refractivity contribution is -0.140. The first-order chi connectivity index (χ1) is 10.5. The molecule has 1 amide bonds. The number of carboxylic acids is 1. The molecule has 1 saturated carbocycles. The number of carbonyl (C=O) groups is 2. The van der Waals surface area contributed by atoms with Crippen molar-refractivity contribution in [3.63, 3.8) is 0 Å². The van der Waals surface area contributed by atoms with E-state index in [1.165, 1.54) is 0 Å². The molecule has 6 nitrogen and oxygen atoms in total. The van der Waals surface area contributed by atoms with E-state index in [0.717, 1.165) is 38.9 Å². The van der Waals surface area contributed by atoms with Crippen LogP contribution in [0.2, 0.25) is 0 Å². The maximum atomic E-state index is 12.4. The highest BCUT2D eigenvalue weighted by Crippen LogP contribution is 2.25. The van der Waals surface area contributed by atoms with E-state index in [1.54, 1.807) is 0 Å². The summed E-state index contributed by atoms with van der Waals surface area (Å²) in [5.74, 6) is -0.683. The van der Waals surface area contributed by atoms with Crippen LogP contribution in [-0.4, -0.2) is 71.1 Å². The van der Waals surface area contributed by atoms with Crippen LogP contribution in [0.15, 0.2) is 0 Å². The lowest BCUT2D eigenvalue weighted by Crippen LogP contribution is -2.57. The fourth-order valence-electron chi connectivity index (χ4n) is 3.25. The van der Waals surface area contributed by atoms with Crippen LogP contribution >= 0.6 is 0 Å². The molecule has 0 spiro atoms. The number of nitrogens with zero attached hydrogens (tertiary/aromatic N) is 2. The number of nitrogens with one attached hydrogen (secondary N) is 1.